The van der Waals surface area contributed by atoms with Crippen molar-refractivity contribution in [2.45, 2.75) is 25.9 Å². The van der Waals surface area contributed by atoms with Crippen LogP contribution in [0.1, 0.15) is 30.0 Å². The fraction of sp³-hybridized carbons (Fsp3) is 0.278. The van der Waals surface area contributed by atoms with Crippen LogP contribution >= 0.6 is 0 Å². The van der Waals surface area contributed by atoms with Crippen molar-refractivity contribution in [2.24, 2.45) is 0 Å². The maximum atomic E-state index is 13.5. The SMILES string of the molecule is CC(c1nc(-c2cccnc2)no1)N1CCc2ccc(F)cc2C1. The summed E-state index contributed by atoms with van der Waals surface area (Å²) in [6.45, 7) is 3.59. The Bertz CT molecular complexity index is 849. The van der Waals surface area contributed by atoms with Crippen LogP contribution in [0.15, 0.2) is 47.2 Å². The molecule has 0 N–H and O–H groups in total. The second kappa shape index (κ2) is 6.13. The Labute approximate surface area is 139 Å². The van der Waals surface area contributed by atoms with Gasteiger partial charge in [0, 0.05) is 31.0 Å². The third kappa shape index (κ3) is 2.80. The molecule has 1 unspecified atom stereocenters. The second-order valence-corrected chi connectivity index (χ2v) is 6.01. The van der Waals surface area contributed by atoms with E-state index in [1.54, 1.807) is 18.5 Å². The molecule has 4 rings (SSSR count). The summed E-state index contributed by atoms with van der Waals surface area (Å²) in [5, 5.41) is 4.05. The third-order valence-corrected chi connectivity index (χ3v) is 4.48. The maximum absolute atomic E-state index is 13.5. The lowest BCUT2D eigenvalue weighted by atomic mass is 9.98. The van der Waals surface area contributed by atoms with Crippen molar-refractivity contribution in [3.63, 3.8) is 0 Å². The van der Waals surface area contributed by atoms with Gasteiger partial charge in [-0.2, -0.15) is 4.98 Å². The van der Waals surface area contributed by atoms with Gasteiger partial charge in [-0.05, 0) is 48.7 Å². The Morgan fingerprint density at radius 1 is 1.25 bits per heavy atom. The topological polar surface area (TPSA) is 55.1 Å². The van der Waals surface area contributed by atoms with Gasteiger partial charge >= 0.3 is 0 Å². The van der Waals surface area contributed by atoms with Gasteiger partial charge in [-0.1, -0.05) is 11.2 Å². The van der Waals surface area contributed by atoms with Crippen LogP contribution in [-0.4, -0.2) is 26.6 Å². The van der Waals surface area contributed by atoms with E-state index in [0.29, 0.717) is 18.3 Å². The number of fused-ring (bicyclic) bond motifs is 1. The lowest BCUT2D eigenvalue weighted by Gasteiger charge is -2.31. The van der Waals surface area contributed by atoms with Crippen LogP contribution in [0, 0.1) is 5.82 Å². The molecular weight excluding hydrogens is 307 g/mol. The average molecular weight is 324 g/mol. The zero-order chi connectivity index (χ0) is 16.5. The summed E-state index contributed by atoms with van der Waals surface area (Å²) in [5.41, 5.74) is 3.06. The fourth-order valence-corrected chi connectivity index (χ4v) is 3.05. The van der Waals surface area contributed by atoms with E-state index < -0.39 is 0 Å². The van der Waals surface area contributed by atoms with Crippen LogP contribution in [0.3, 0.4) is 0 Å². The number of nitrogens with zero attached hydrogens (tertiary/aromatic N) is 4. The van der Waals surface area contributed by atoms with Gasteiger partial charge in [-0.15, -0.1) is 0 Å². The molecule has 1 aliphatic rings. The summed E-state index contributed by atoms with van der Waals surface area (Å²) in [5.74, 6) is 0.905. The van der Waals surface area contributed by atoms with Gasteiger partial charge in [0.05, 0.1) is 6.04 Å². The number of halogens is 1. The van der Waals surface area contributed by atoms with Crippen molar-refractivity contribution < 1.29 is 8.91 Å². The Hall–Kier alpha value is -2.60. The number of aromatic nitrogens is 3. The molecule has 3 heterocycles. The van der Waals surface area contributed by atoms with Gasteiger partial charge in [-0.3, -0.25) is 9.88 Å². The first-order chi connectivity index (χ1) is 11.7. The van der Waals surface area contributed by atoms with Crippen LogP contribution in [0.2, 0.25) is 0 Å². The van der Waals surface area contributed by atoms with E-state index in [0.717, 1.165) is 24.1 Å². The van der Waals surface area contributed by atoms with Gasteiger partial charge in [0.2, 0.25) is 11.7 Å². The Morgan fingerprint density at radius 2 is 2.17 bits per heavy atom. The molecule has 0 spiro atoms. The van der Waals surface area contributed by atoms with Gasteiger partial charge in [-0.25, -0.2) is 4.39 Å². The highest BCUT2D eigenvalue weighted by Crippen LogP contribution is 2.28. The normalized spacial score (nSPS) is 15.9. The highest BCUT2D eigenvalue weighted by Gasteiger charge is 2.26. The smallest absolute Gasteiger partial charge is 0.244 e. The molecule has 24 heavy (non-hydrogen) atoms. The minimum Gasteiger partial charge on any atom is -0.337 e. The molecule has 1 aliphatic heterocycles. The largest absolute Gasteiger partial charge is 0.337 e. The molecule has 0 saturated heterocycles. The highest BCUT2D eigenvalue weighted by atomic mass is 19.1. The van der Waals surface area contributed by atoms with E-state index in [1.807, 2.05) is 25.1 Å². The summed E-state index contributed by atoms with van der Waals surface area (Å²) in [4.78, 5) is 10.8. The van der Waals surface area contributed by atoms with Crippen LogP contribution in [0.4, 0.5) is 4.39 Å². The first-order valence-corrected chi connectivity index (χ1v) is 7.96. The molecule has 1 atom stereocenters. The number of benzene rings is 1. The summed E-state index contributed by atoms with van der Waals surface area (Å²) >= 11 is 0. The van der Waals surface area contributed by atoms with Crippen LogP contribution in [-0.2, 0) is 13.0 Å². The molecule has 122 valence electrons. The fourth-order valence-electron chi connectivity index (χ4n) is 3.05. The summed E-state index contributed by atoms with van der Waals surface area (Å²) in [6.07, 6.45) is 4.31. The Balaban J connectivity index is 1.54. The van der Waals surface area contributed by atoms with Crippen molar-refractivity contribution >= 4 is 0 Å². The summed E-state index contributed by atoms with van der Waals surface area (Å²) < 4.78 is 18.9. The van der Waals surface area contributed by atoms with E-state index in [1.165, 1.54) is 11.6 Å². The molecule has 0 aliphatic carbocycles. The lowest BCUT2D eigenvalue weighted by Crippen LogP contribution is -2.33. The lowest BCUT2D eigenvalue weighted by molar-refractivity contribution is 0.158. The number of hydrogen-bond donors (Lipinski definition) is 0. The first kappa shape index (κ1) is 15.0. The number of pyridine rings is 1. The standard InChI is InChI=1S/C18H17FN4O/c1-12(18-21-17(22-24-18)14-3-2-7-20-10-14)23-8-6-13-4-5-16(19)9-15(13)11-23/h2-5,7,9-10,12H,6,8,11H2,1H3. The molecule has 1 aromatic carbocycles. The molecule has 2 aromatic heterocycles. The average Bonchev–Trinajstić information content (AvgIpc) is 3.11. The van der Waals surface area contributed by atoms with E-state index in [-0.39, 0.29) is 11.9 Å². The minimum absolute atomic E-state index is 0.0284. The predicted molar refractivity (Wildman–Crippen MR) is 86.5 cm³/mol. The van der Waals surface area contributed by atoms with E-state index in [2.05, 4.69) is 20.0 Å². The molecule has 0 saturated carbocycles. The number of rotatable bonds is 3. The summed E-state index contributed by atoms with van der Waals surface area (Å²) in [6, 6.07) is 8.72. The molecule has 0 fully saturated rings. The van der Waals surface area contributed by atoms with Gasteiger partial charge in [0.1, 0.15) is 5.82 Å². The van der Waals surface area contributed by atoms with Gasteiger partial charge < -0.3 is 4.52 Å². The van der Waals surface area contributed by atoms with E-state index in [9.17, 15) is 4.39 Å². The van der Waals surface area contributed by atoms with Crippen molar-refractivity contribution in [2.75, 3.05) is 6.54 Å². The zero-order valence-corrected chi connectivity index (χ0v) is 13.3. The predicted octanol–water partition coefficient (Wildman–Crippen LogP) is 3.39. The molecule has 0 amide bonds. The zero-order valence-electron chi connectivity index (χ0n) is 13.3. The van der Waals surface area contributed by atoms with Crippen molar-refractivity contribution in [1.29, 1.82) is 0 Å². The van der Waals surface area contributed by atoms with Crippen molar-refractivity contribution in [3.8, 4) is 11.4 Å². The second-order valence-electron chi connectivity index (χ2n) is 6.01. The Morgan fingerprint density at radius 3 is 3.00 bits per heavy atom. The quantitative estimate of drug-likeness (QED) is 0.739. The third-order valence-electron chi connectivity index (χ3n) is 4.48. The molecule has 6 heteroatoms. The van der Waals surface area contributed by atoms with Crippen molar-refractivity contribution in [3.05, 3.63) is 65.6 Å². The minimum atomic E-state index is -0.195. The molecule has 0 radical (unpaired) electrons. The molecule has 0 bridgehead atoms. The molecular formula is C18H17FN4O. The highest BCUT2D eigenvalue weighted by molar-refractivity contribution is 5.51. The molecule has 5 nitrogen and oxygen atoms in total. The van der Waals surface area contributed by atoms with Crippen LogP contribution < -0.4 is 0 Å². The first-order valence-electron chi connectivity index (χ1n) is 7.96. The molecule has 3 aromatic rings. The Kier molecular flexibility index (Phi) is 3.82. The van der Waals surface area contributed by atoms with E-state index in [4.69, 9.17) is 4.52 Å². The maximum Gasteiger partial charge on any atom is 0.244 e. The summed E-state index contributed by atoms with van der Waals surface area (Å²) in [7, 11) is 0. The van der Waals surface area contributed by atoms with Gasteiger partial charge in [0.15, 0.2) is 0 Å². The monoisotopic (exact) mass is 324 g/mol. The van der Waals surface area contributed by atoms with Crippen LogP contribution in [0.25, 0.3) is 11.4 Å². The number of hydrogen-bond acceptors (Lipinski definition) is 5. The van der Waals surface area contributed by atoms with Crippen LogP contribution in [0.5, 0.6) is 0 Å². The van der Waals surface area contributed by atoms with Gasteiger partial charge in [0.25, 0.3) is 0 Å². The van der Waals surface area contributed by atoms with Crippen molar-refractivity contribution in [1.82, 2.24) is 20.0 Å². The van der Waals surface area contributed by atoms with E-state index >= 15 is 0 Å².